The summed E-state index contributed by atoms with van der Waals surface area (Å²) in [5.41, 5.74) is 0. The first-order valence-corrected chi connectivity index (χ1v) is 24.4. The predicted molar refractivity (Wildman–Crippen MR) is 243 cm³/mol. The van der Waals surface area contributed by atoms with E-state index in [1.807, 2.05) is 21.1 Å². The lowest BCUT2D eigenvalue weighted by Gasteiger charge is -2.31. The molecule has 0 spiro atoms. The van der Waals surface area contributed by atoms with Gasteiger partial charge in [-0.2, -0.15) is 0 Å². The van der Waals surface area contributed by atoms with E-state index in [9.17, 15) is 19.5 Å². The van der Waals surface area contributed by atoms with Crippen molar-refractivity contribution < 1.29 is 38.2 Å². The summed E-state index contributed by atoms with van der Waals surface area (Å²) >= 11 is 0. The van der Waals surface area contributed by atoms with Crippen molar-refractivity contribution >= 4 is 17.9 Å². The monoisotopic (exact) mass is 821 g/mol. The van der Waals surface area contributed by atoms with Crippen LogP contribution in [0.3, 0.4) is 0 Å². The maximum atomic E-state index is 12.8. The van der Waals surface area contributed by atoms with Crippen LogP contribution in [0.15, 0.2) is 24.3 Å². The van der Waals surface area contributed by atoms with Gasteiger partial charge >= 0.3 is 17.9 Å². The van der Waals surface area contributed by atoms with Crippen LogP contribution in [0.2, 0.25) is 0 Å². The summed E-state index contributed by atoms with van der Waals surface area (Å²) in [5, 5.41) is 9.63. The minimum absolute atomic E-state index is 0.0570. The highest BCUT2D eigenvalue weighted by atomic mass is 16.6. The number of carboxylic acid groups (broad SMARTS) is 1. The van der Waals surface area contributed by atoms with Crippen molar-refractivity contribution in [2.24, 2.45) is 0 Å². The van der Waals surface area contributed by atoms with E-state index in [1.165, 1.54) is 141 Å². The summed E-state index contributed by atoms with van der Waals surface area (Å²) in [7, 11) is 5.53. The van der Waals surface area contributed by atoms with Crippen LogP contribution in [0.25, 0.3) is 0 Å². The van der Waals surface area contributed by atoms with Crippen molar-refractivity contribution in [1.82, 2.24) is 0 Å². The van der Waals surface area contributed by atoms with Gasteiger partial charge in [-0.25, -0.2) is 4.79 Å². The van der Waals surface area contributed by atoms with Crippen LogP contribution in [-0.4, -0.2) is 80.6 Å². The molecule has 0 aromatic heterocycles. The van der Waals surface area contributed by atoms with E-state index < -0.39 is 18.1 Å². The number of esters is 2. The van der Waals surface area contributed by atoms with Crippen LogP contribution >= 0.6 is 0 Å². The highest BCUT2D eigenvalue weighted by Gasteiger charge is 2.31. The first-order chi connectivity index (χ1) is 28.1. The van der Waals surface area contributed by atoms with Crippen molar-refractivity contribution in [2.45, 2.75) is 238 Å². The van der Waals surface area contributed by atoms with E-state index in [0.717, 1.165) is 51.4 Å². The average Bonchev–Trinajstić information content (AvgIpc) is 3.18. The Labute approximate surface area is 358 Å². The number of ether oxygens (including phenoxy) is 3. The summed E-state index contributed by atoms with van der Waals surface area (Å²) < 4.78 is 17.3. The van der Waals surface area contributed by atoms with Gasteiger partial charge in [0.25, 0.3) is 0 Å². The minimum Gasteiger partial charge on any atom is -0.477 e. The molecule has 0 aliphatic heterocycles. The number of hydrogen-bond donors (Lipinski definition) is 1. The van der Waals surface area contributed by atoms with E-state index in [2.05, 4.69) is 38.2 Å². The molecule has 0 amide bonds. The number of quaternary nitrogens is 1. The second kappa shape index (κ2) is 41.5. The third kappa shape index (κ3) is 39.3. The van der Waals surface area contributed by atoms with Crippen molar-refractivity contribution in [3.63, 3.8) is 0 Å². The number of rotatable bonds is 44. The lowest BCUT2D eigenvalue weighted by molar-refractivity contribution is -0.887. The van der Waals surface area contributed by atoms with Gasteiger partial charge < -0.3 is 23.8 Å². The van der Waals surface area contributed by atoms with Gasteiger partial charge in [-0.1, -0.05) is 192 Å². The highest BCUT2D eigenvalue weighted by molar-refractivity contribution is 5.72. The molecule has 0 aromatic rings. The predicted octanol–water partition coefficient (Wildman–Crippen LogP) is 13.6. The van der Waals surface area contributed by atoms with Gasteiger partial charge in [0.15, 0.2) is 12.1 Å². The van der Waals surface area contributed by atoms with Gasteiger partial charge in [0.05, 0.1) is 34.4 Å². The van der Waals surface area contributed by atoms with E-state index in [-0.39, 0.29) is 36.2 Å². The first kappa shape index (κ1) is 55.8. The zero-order valence-electron chi connectivity index (χ0n) is 38.8. The molecule has 0 heterocycles. The normalized spacial score (nSPS) is 13.1. The molecular weight excluding hydrogens is 727 g/mol. The number of nitrogens with zero attached hydrogens (tertiary/aromatic N) is 1. The van der Waals surface area contributed by atoms with Crippen LogP contribution in [0, 0.1) is 0 Å². The largest absolute Gasteiger partial charge is 0.477 e. The molecule has 8 heteroatoms. The number of carbonyl (C=O) groups excluding carboxylic acids is 2. The number of carboxylic acids is 1. The molecular formula is C50H94NO7+. The zero-order valence-corrected chi connectivity index (χ0v) is 38.8. The summed E-state index contributed by atoms with van der Waals surface area (Å²) in [6.07, 6.45) is 46.5. The lowest BCUT2D eigenvalue weighted by Crippen LogP contribution is -2.50. The van der Waals surface area contributed by atoms with Crippen molar-refractivity contribution in [2.75, 3.05) is 41.0 Å². The smallest absolute Gasteiger partial charge is 0.362 e. The van der Waals surface area contributed by atoms with Crippen molar-refractivity contribution in [1.29, 1.82) is 0 Å². The molecule has 0 aliphatic carbocycles. The summed E-state index contributed by atoms with van der Waals surface area (Å²) in [6, 6.07) is -0.616. The number of allylic oxidation sites excluding steroid dienone is 4. The standard InChI is InChI=1S/C50H93NO7/c1-6-8-10-12-14-16-18-20-22-24-25-27-29-31-33-35-37-39-41-49(53)58-46(44-56-43-42-47(50(54)55)51(3,4)5)45-57-48(52)40-38-36-34-32-30-28-26-23-21-19-17-15-13-11-9-7-2/h23,26,28,30,46-47H,6-22,24-25,27,29,31-45H2,1-5H3/p+1/b26-23+,30-28+. The molecule has 58 heavy (non-hydrogen) atoms. The average molecular weight is 821 g/mol. The Hall–Kier alpha value is -2.19. The van der Waals surface area contributed by atoms with Crippen LogP contribution in [0.1, 0.15) is 226 Å². The van der Waals surface area contributed by atoms with Gasteiger partial charge in [-0.15, -0.1) is 0 Å². The van der Waals surface area contributed by atoms with Gasteiger partial charge in [-0.05, 0) is 38.5 Å². The molecule has 0 aromatic carbocycles. The molecule has 1 N–H and O–H groups in total. The third-order valence-electron chi connectivity index (χ3n) is 11.1. The molecule has 0 fully saturated rings. The van der Waals surface area contributed by atoms with Gasteiger partial charge in [0.2, 0.25) is 0 Å². The fraction of sp³-hybridized carbons (Fsp3) is 0.860. The van der Waals surface area contributed by atoms with Gasteiger partial charge in [0.1, 0.15) is 6.61 Å². The molecule has 0 saturated carbocycles. The maximum absolute atomic E-state index is 12.8. The van der Waals surface area contributed by atoms with E-state index in [4.69, 9.17) is 14.2 Å². The van der Waals surface area contributed by atoms with Crippen LogP contribution in [0.4, 0.5) is 0 Å². The number of carbonyl (C=O) groups is 3. The summed E-state index contributed by atoms with van der Waals surface area (Å²) in [5.74, 6) is -1.49. The van der Waals surface area contributed by atoms with Gasteiger partial charge in [-0.3, -0.25) is 9.59 Å². The number of unbranched alkanes of at least 4 members (excludes halogenated alkanes) is 27. The highest BCUT2D eigenvalue weighted by Crippen LogP contribution is 2.16. The van der Waals surface area contributed by atoms with Crippen LogP contribution in [0.5, 0.6) is 0 Å². The molecule has 340 valence electrons. The number of hydrogen-bond acceptors (Lipinski definition) is 6. The quantitative estimate of drug-likeness (QED) is 0.0283. The minimum atomic E-state index is -0.876. The number of aliphatic carboxylic acids is 1. The molecule has 2 unspecified atom stereocenters. The number of likely N-dealkylation sites (N-methyl/N-ethyl adjacent to an activating group) is 1. The molecule has 0 aliphatic rings. The van der Waals surface area contributed by atoms with E-state index in [0.29, 0.717) is 19.3 Å². The fourth-order valence-corrected chi connectivity index (χ4v) is 7.32. The topological polar surface area (TPSA) is 99.1 Å². The molecule has 0 bridgehead atoms. The van der Waals surface area contributed by atoms with E-state index >= 15 is 0 Å². The second-order valence-corrected chi connectivity index (χ2v) is 17.8. The molecule has 2 atom stereocenters. The Morgan fingerprint density at radius 2 is 0.897 bits per heavy atom. The Bertz CT molecular complexity index is 1000. The van der Waals surface area contributed by atoms with Crippen LogP contribution in [-0.2, 0) is 28.6 Å². The second-order valence-electron chi connectivity index (χ2n) is 17.8. The van der Waals surface area contributed by atoms with Crippen LogP contribution < -0.4 is 0 Å². The Morgan fingerprint density at radius 1 is 0.517 bits per heavy atom. The van der Waals surface area contributed by atoms with Gasteiger partial charge in [0, 0.05) is 19.3 Å². The summed E-state index contributed by atoms with van der Waals surface area (Å²) in [4.78, 5) is 37.1. The zero-order chi connectivity index (χ0) is 42.8. The van der Waals surface area contributed by atoms with Crippen molar-refractivity contribution in [3.8, 4) is 0 Å². The Morgan fingerprint density at radius 3 is 1.31 bits per heavy atom. The molecule has 0 radical (unpaired) electrons. The third-order valence-corrected chi connectivity index (χ3v) is 11.1. The molecule has 0 rings (SSSR count). The summed E-state index contributed by atoms with van der Waals surface area (Å²) in [6.45, 7) is 4.74. The molecule has 8 nitrogen and oxygen atoms in total. The molecule has 0 saturated heterocycles. The first-order valence-electron chi connectivity index (χ1n) is 24.4. The van der Waals surface area contributed by atoms with Crippen molar-refractivity contribution in [3.05, 3.63) is 24.3 Å². The maximum Gasteiger partial charge on any atom is 0.362 e. The SMILES string of the molecule is CCCCCCCCC/C=C/C=C/CCCCCC(=O)OCC(COCCC(C(=O)O)[N+](C)(C)C)OC(=O)CCCCCCCCCCCCCCCCCCCC. The Kier molecular flexibility index (Phi) is 40.0. The Balaban J connectivity index is 4.30. The van der Waals surface area contributed by atoms with E-state index in [1.54, 1.807) is 0 Å². The fourth-order valence-electron chi connectivity index (χ4n) is 7.32. The lowest BCUT2D eigenvalue weighted by atomic mass is 10.0.